The topological polar surface area (TPSA) is 69.9 Å². The van der Waals surface area contributed by atoms with Gasteiger partial charge in [-0.05, 0) is 53.6 Å². The lowest BCUT2D eigenvalue weighted by Gasteiger charge is -2.27. The van der Waals surface area contributed by atoms with Crippen molar-refractivity contribution in [2.24, 2.45) is 0 Å². The van der Waals surface area contributed by atoms with E-state index in [0.29, 0.717) is 17.5 Å². The average molecular weight is 896 g/mol. The Balaban J connectivity index is 1.07. The molecule has 4 aromatic heterocycles. The van der Waals surface area contributed by atoms with Gasteiger partial charge in [-0.2, -0.15) is 0 Å². The largest absolute Gasteiger partial charge is 0.456 e. The zero-order valence-corrected chi connectivity index (χ0v) is 43.3. The number of fused-ring (bicyclic) bond motifs is 10. The number of aromatic nitrogens is 4. The molecule has 71 heavy (non-hydrogen) atoms. The summed E-state index contributed by atoms with van der Waals surface area (Å²) >= 11 is 0. The van der Waals surface area contributed by atoms with Crippen LogP contribution in [0.3, 0.4) is 0 Å². The summed E-state index contributed by atoms with van der Waals surface area (Å²) in [6.07, 6.45) is 0. The molecule has 4 heterocycles. The molecule has 0 spiro atoms. The van der Waals surface area contributed by atoms with Crippen LogP contribution in [0.2, 0.25) is 0 Å². The van der Waals surface area contributed by atoms with Gasteiger partial charge in [0.2, 0.25) is 0 Å². The van der Waals surface area contributed by atoms with Crippen molar-refractivity contribution in [3.63, 3.8) is 0 Å². The maximum absolute atomic E-state index is 6.90. The van der Waals surface area contributed by atoms with Gasteiger partial charge in [-0.3, -0.25) is 0 Å². The fourth-order valence-electron chi connectivity index (χ4n) is 12.0. The predicted molar refractivity (Wildman–Crippen MR) is 345 cm³/mol. The zero-order chi connectivity index (χ0) is 49.6. The molecular formula is C51H44B14N4O2. The summed E-state index contributed by atoms with van der Waals surface area (Å²) in [6, 6.07) is 34.3. The Morgan fingerprint density at radius 1 is 0.324 bits per heavy atom. The maximum Gasteiger partial charge on any atom is 0.164 e. The third kappa shape index (κ3) is 6.51. The summed E-state index contributed by atoms with van der Waals surface area (Å²) in [7, 11) is 31.4. The zero-order valence-electron chi connectivity index (χ0n) is 43.3. The normalized spacial score (nSPS) is 11.9. The van der Waals surface area contributed by atoms with E-state index in [1.165, 1.54) is 93.0 Å². The molecule has 12 rings (SSSR count). The first-order valence-electron chi connectivity index (χ1n) is 24.9. The van der Waals surface area contributed by atoms with Crippen molar-refractivity contribution < 1.29 is 8.83 Å². The van der Waals surface area contributed by atoms with Gasteiger partial charge in [0.25, 0.3) is 0 Å². The van der Waals surface area contributed by atoms with Crippen molar-refractivity contribution in [1.82, 2.24) is 19.5 Å². The van der Waals surface area contributed by atoms with Crippen LogP contribution in [0.4, 0.5) is 0 Å². The van der Waals surface area contributed by atoms with Gasteiger partial charge in [0.05, 0.1) is 16.7 Å². The highest BCUT2D eigenvalue weighted by Gasteiger charge is 2.26. The van der Waals surface area contributed by atoms with E-state index in [0.717, 1.165) is 82.7 Å². The molecule has 6 nitrogen and oxygen atoms in total. The predicted octanol–water partition coefficient (Wildman–Crippen LogP) is -10.9. The summed E-state index contributed by atoms with van der Waals surface area (Å²) in [5.41, 5.74) is 29.8. The number of rotatable bonds is 5. The third-order valence-electron chi connectivity index (χ3n) is 17.1. The van der Waals surface area contributed by atoms with Crippen molar-refractivity contribution in [2.45, 2.75) is 0 Å². The Labute approximate surface area is 426 Å². The Kier molecular flexibility index (Phi) is 10.4. The molecule has 0 fully saturated rings. The van der Waals surface area contributed by atoms with Gasteiger partial charge in [-0.1, -0.05) is 86.8 Å². The lowest BCUT2D eigenvalue weighted by molar-refractivity contribution is 0.668. The summed E-state index contributed by atoms with van der Waals surface area (Å²) in [4.78, 5) is 16.4. The molecule has 0 unspecified atom stereocenters. The quantitative estimate of drug-likeness (QED) is 0.161. The van der Waals surface area contributed by atoms with Crippen LogP contribution >= 0.6 is 0 Å². The second-order valence-electron chi connectivity index (χ2n) is 20.3. The standard InChI is InChI=1S/C51H44B14N4O2/c52-33-29(30-35(54)41(60)45(64)42(61)36(30)55)34(53)40(59)37(56)31(33)50-66-49(67-51(68-50)32-38(57)43(62)46(65)44(63)39(32)58)17-9-11-21-22-12-10-18(16-28(22)70-27(21)15-17)69-25-7-3-1-5-19(25)23-13-14-24-20-6-2-4-8-26(20)71-48(24)47(23)69/h1-16H,52-65H2. The van der Waals surface area contributed by atoms with E-state index < -0.39 is 0 Å². The fourth-order valence-corrected chi connectivity index (χ4v) is 12.0. The molecule has 0 N–H and O–H groups in total. The van der Waals surface area contributed by atoms with E-state index in [2.05, 4.69) is 199 Å². The molecule has 0 aliphatic rings. The molecule has 0 aliphatic heterocycles. The van der Waals surface area contributed by atoms with Gasteiger partial charge in [0.15, 0.2) is 23.1 Å². The first-order valence-corrected chi connectivity index (χ1v) is 24.9. The lowest BCUT2D eigenvalue weighted by atomic mass is 9.56. The van der Waals surface area contributed by atoms with Crippen molar-refractivity contribution in [2.75, 3.05) is 0 Å². The van der Waals surface area contributed by atoms with Crippen LogP contribution in [0, 0.1) is 0 Å². The minimum atomic E-state index is 0.607. The lowest BCUT2D eigenvalue weighted by Crippen LogP contribution is -2.57. The smallest absolute Gasteiger partial charge is 0.164 e. The van der Waals surface area contributed by atoms with Gasteiger partial charge in [0, 0.05) is 55.1 Å². The van der Waals surface area contributed by atoms with Gasteiger partial charge >= 0.3 is 0 Å². The van der Waals surface area contributed by atoms with Crippen molar-refractivity contribution in [3.05, 3.63) is 97.1 Å². The first-order chi connectivity index (χ1) is 34.0. The van der Waals surface area contributed by atoms with Crippen molar-refractivity contribution >= 4 is 252 Å². The number of para-hydroxylation sites is 2. The summed E-state index contributed by atoms with van der Waals surface area (Å²) in [5.74, 6) is 1.96. The first kappa shape index (κ1) is 45.2. The molecule has 0 saturated carbocycles. The van der Waals surface area contributed by atoms with E-state index in [-0.39, 0.29) is 0 Å². The highest BCUT2D eigenvalue weighted by atomic mass is 16.3. The molecule has 0 saturated heterocycles. The summed E-state index contributed by atoms with van der Waals surface area (Å²) in [5, 5.41) is 6.60. The Morgan fingerprint density at radius 3 is 1.39 bits per heavy atom. The highest BCUT2D eigenvalue weighted by Crippen LogP contribution is 2.41. The van der Waals surface area contributed by atoms with E-state index in [1.54, 1.807) is 0 Å². The average Bonchev–Trinajstić information content (AvgIpc) is 4.06. The summed E-state index contributed by atoms with van der Waals surface area (Å²) in [6.45, 7) is 0. The number of hydrogen-bond donors (Lipinski definition) is 0. The maximum atomic E-state index is 6.90. The van der Waals surface area contributed by atoms with Gasteiger partial charge in [-0.15, -0.1) is 38.2 Å². The van der Waals surface area contributed by atoms with Crippen molar-refractivity contribution in [1.29, 1.82) is 0 Å². The molecule has 12 aromatic rings. The molecule has 20 heteroatoms. The summed E-state index contributed by atoms with van der Waals surface area (Å²) < 4.78 is 15.9. The Hall–Kier alpha value is -6.92. The monoisotopic (exact) mass is 898 g/mol. The van der Waals surface area contributed by atoms with E-state index in [1.807, 2.05) is 12.1 Å². The minimum Gasteiger partial charge on any atom is -0.456 e. The van der Waals surface area contributed by atoms with Crippen LogP contribution in [0.1, 0.15) is 0 Å². The minimum absolute atomic E-state index is 0.607. The molecule has 322 valence electrons. The second-order valence-corrected chi connectivity index (χ2v) is 20.3. The molecule has 0 bridgehead atoms. The molecule has 8 aromatic carbocycles. The molecule has 0 amide bonds. The van der Waals surface area contributed by atoms with E-state index in [9.17, 15) is 0 Å². The second kappa shape index (κ2) is 16.3. The number of nitrogens with zero attached hydrogens (tertiary/aromatic N) is 4. The van der Waals surface area contributed by atoms with Gasteiger partial charge in [-0.25, -0.2) is 15.0 Å². The molecular weight excluding hydrogens is 852 g/mol. The van der Waals surface area contributed by atoms with Gasteiger partial charge < -0.3 is 13.4 Å². The van der Waals surface area contributed by atoms with Crippen LogP contribution in [0.15, 0.2) is 106 Å². The van der Waals surface area contributed by atoms with E-state index >= 15 is 0 Å². The van der Waals surface area contributed by atoms with Crippen LogP contribution in [0.25, 0.3) is 117 Å². The number of hydrogen-bond acceptors (Lipinski definition) is 5. The number of benzene rings is 8. The van der Waals surface area contributed by atoms with Crippen LogP contribution in [-0.2, 0) is 0 Å². The third-order valence-corrected chi connectivity index (χ3v) is 17.1. The number of furan rings is 2. The molecule has 0 atom stereocenters. The molecule has 0 aliphatic carbocycles. The highest BCUT2D eigenvalue weighted by molar-refractivity contribution is 6.71. The van der Waals surface area contributed by atoms with Crippen LogP contribution in [-0.4, -0.2) is 129 Å². The fraction of sp³-hybridized carbons (Fsp3) is 0. The Morgan fingerprint density at radius 2 is 0.761 bits per heavy atom. The molecule has 0 radical (unpaired) electrons. The SMILES string of the molecule is Bc1c(B)c(B)c(-c2nc(-c3ccc4c(c3)oc3cc(-n5c6ccccc6c6ccc7c8ccccc8oc7c65)ccc34)nc(-c3c(B)c(B)c(B)c(-c4c(B)c(B)c(B)c(B)c4B)c3B)n2)c(B)c1B. The van der Waals surface area contributed by atoms with E-state index in [4.69, 9.17) is 23.8 Å². The van der Waals surface area contributed by atoms with Crippen molar-refractivity contribution in [3.8, 4) is 51.0 Å². The van der Waals surface area contributed by atoms with Gasteiger partial charge in [0.1, 0.15) is 127 Å². The van der Waals surface area contributed by atoms with Crippen LogP contribution < -0.4 is 76.5 Å². The van der Waals surface area contributed by atoms with Crippen LogP contribution in [0.5, 0.6) is 0 Å². The Bertz CT molecular complexity index is 4320.